The molecule has 0 aliphatic rings. The second-order valence-corrected chi connectivity index (χ2v) is 8.85. The Morgan fingerprint density at radius 1 is 1.00 bits per heavy atom. The maximum absolute atomic E-state index is 12.9. The first kappa shape index (κ1) is 21.8. The zero-order valence-electron chi connectivity index (χ0n) is 18.4. The highest BCUT2D eigenvalue weighted by Crippen LogP contribution is 2.30. The van der Waals surface area contributed by atoms with Gasteiger partial charge in [0.15, 0.2) is 4.96 Å². The summed E-state index contributed by atoms with van der Waals surface area (Å²) in [4.78, 5) is 30.2. The number of amides is 2. The van der Waals surface area contributed by atoms with Gasteiger partial charge in [0, 0.05) is 29.9 Å². The largest absolute Gasteiger partial charge is 0.394 e. The minimum absolute atomic E-state index is 0.128. The summed E-state index contributed by atoms with van der Waals surface area (Å²) >= 11 is 1.50. The molecule has 0 fully saturated rings. The van der Waals surface area contributed by atoms with Crippen molar-refractivity contribution < 1.29 is 14.7 Å². The standard InChI is InChI=1S/C26H22N4O3S/c1-27-24(32)18-9-7-17(8-10-18)20-14-30-22-12-11-19(13-23(22)34-26(30)29-20)25(33)28-21(15-31)16-5-3-2-4-6-16/h2-14,21,31H,15H2,1H3,(H,27,32)(H,28,33)/t21-/m0/s1. The average Bonchev–Trinajstić information content (AvgIpc) is 3.45. The lowest BCUT2D eigenvalue weighted by atomic mass is 10.1. The fraction of sp³-hybridized carbons (Fsp3) is 0.115. The Labute approximate surface area is 199 Å². The number of carbonyl (C=O) groups excluding carboxylic acids is 2. The van der Waals surface area contributed by atoms with Crippen LogP contribution in [0.2, 0.25) is 0 Å². The van der Waals surface area contributed by atoms with Gasteiger partial charge in [-0.25, -0.2) is 4.98 Å². The maximum atomic E-state index is 12.9. The molecule has 3 N–H and O–H groups in total. The number of rotatable bonds is 6. The summed E-state index contributed by atoms with van der Waals surface area (Å²) < 4.78 is 2.95. The highest BCUT2D eigenvalue weighted by molar-refractivity contribution is 7.23. The van der Waals surface area contributed by atoms with Gasteiger partial charge in [0.2, 0.25) is 0 Å². The molecule has 5 aromatic rings. The summed E-state index contributed by atoms with van der Waals surface area (Å²) in [5.74, 6) is -0.370. The Kier molecular flexibility index (Phi) is 5.83. The Balaban J connectivity index is 1.40. The number of aliphatic hydroxyl groups is 1. The van der Waals surface area contributed by atoms with Crippen LogP contribution in [0.4, 0.5) is 0 Å². The van der Waals surface area contributed by atoms with E-state index >= 15 is 0 Å². The Bertz CT molecular complexity index is 1490. The number of nitrogens with zero attached hydrogens (tertiary/aromatic N) is 2. The molecule has 0 saturated heterocycles. The SMILES string of the molecule is CNC(=O)c1ccc(-c2cn3c(n2)sc2cc(C(=O)N[C@@H](CO)c4ccccc4)ccc23)cc1. The molecular weight excluding hydrogens is 448 g/mol. The molecule has 2 heterocycles. The van der Waals surface area contributed by atoms with E-state index in [-0.39, 0.29) is 18.4 Å². The third-order valence-electron chi connectivity index (χ3n) is 5.72. The summed E-state index contributed by atoms with van der Waals surface area (Å²) in [7, 11) is 1.61. The van der Waals surface area contributed by atoms with E-state index in [0.29, 0.717) is 11.1 Å². The van der Waals surface area contributed by atoms with Gasteiger partial charge in [0.25, 0.3) is 11.8 Å². The van der Waals surface area contributed by atoms with Crippen LogP contribution in [0.25, 0.3) is 26.4 Å². The number of fused-ring (bicyclic) bond motifs is 3. The lowest BCUT2D eigenvalue weighted by Gasteiger charge is -2.16. The summed E-state index contributed by atoms with van der Waals surface area (Å²) in [6.07, 6.45) is 1.96. The number of carbonyl (C=O) groups is 2. The van der Waals surface area contributed by atoms with E-state index < -0.39 is 6.04 Å². The van der Waals surface area contributed by atoms with Crippen LogP contribution in [0.3, 0.4) is 0 Å². The van der Waals surface area contributed by atoms with Crippen molar-refractivity contribution in [2.45, 2.75) is 6.04 Å². The van der Waals surface area contributed by atoms with Gasteiger partial charge >= 0.3 is 0 Å². The van der Waals surface area contributed by atoms with Crippen molar-refractivity contribution in [3.05, 3.63) is 95.7 Å². The summed E-state index contributed by atoms with van der Waals surface area (Å²) in [5, 5.41) is 15.3. The van der Waals surface area contributed by atoms with Crippen molar-refractivity contribution in [1.29, 1.82) is 0 Å². The quantitative estimate of drug-likeness (QED) is 0.349. The second kappa shape index (κ2) is 9.09. The molecule has 8 heteroatoms. The highest BCUT2D eigenvalue weighted by atomic mass is 32.1. The van der Waals surface area contributed by atoms with Crippen molar-refractivity contribution in [2.75, 3.05) is 13.7 Å². The number of nitrogens with one attached hydrogen (secondary N) is 2. The Morgan fingerprint density at radius 3 is 2.44 bits per heavy atom. The first-order valence-corrected chi connectivity index (χ1v) is 11.6. The van der Waals surface area contributed by atoms with Crippen LogP contribution in [0, 0.1) is 0 Å². The molecule has 5 rings (SSSR count). The van der Waals surface area contributed by atoms with E-state index in [1.165, 1.54) is 11.3 Å². The van der Waals surface area contributed by atoms with Crippen LogP contribution < -0.4 is 10.6 Å². The van der Waals surface area contributed by atoms with Crippen LogP contribution in [-0.4, -0.2) is 40.0 Å². The van der Waals surface area contributed by atoms with E-state index in [1.807, 2.05) is 65.2 Å². The van der Waals surface area contributed by atoms with E-state index in [0.717, 1.165) is 32.0 Å². The normalized spacial score (nSPS) is 12.1. The van der Waals surface area contributed by atoms with Crippen molar-refractivity contribution in [2.24, 2.45) is 0 Å². The van der Waals surface area contributed by atoms with Crippen molar-refractivity contribution in [1.82, 2.24) is 20.0 Å². The number of hydrogen-bond acceptors (Lipinski definition) is 5. The van der Waals surface area contributed by atoms with Crippen molar-refractivity contribution in [3.63, 3.8) is 0 Å². The molecule has 1 atom stereocenters. The maximum Gasteiger partial charge on any atom is 0.251 e. The zero-order valence-corrected chi connectivity index (χ0v) is 19.2. The molecular formula is C26H22N4O3S. The van der Waals surface area contributed by atoms with Crippen LogP contribution in [0.15, 0.2) is 79.0 Å². The van der Waals surface area contributed by atoms with Crippen LogP contribution in [0.1, 0.15) is 32.3 Å². The van der Waals surface area contributed by atoms with Gasteiger partial charge in [0.05, 0.1) is 28.6 Å². The average molecular weight is 471 g/mol. The lowest BCUT2D eigenvalue weighted by Crippen LogP contribution is -2.30. The predicted octanol–water partition coefficient (Wildman–Crippen LogP) is 4.04. The molecule has 2 aromatic heterocycles. The molecule has 170 valence electrons. The van der Waals surface area contributed by atoms with Gasteiger partial charge in [0.1, 0.15) is 0 Å². The number of aromatic nitrogens is 2. The highest BCUT2D eigenvalue weighted by Gasteiger charge is 2.17. The third-order valence-corrected chi connectivity index (χ3v) is 6.73. The molecule has 0 spiro atoms. The molecule has 3 aromatic carbocycles. The summed E-state index contributed by atoms with van der Waals surface area (Å²) in [6.45, 7) is -0.183. The van der Waals surface area contributed by atoms with E-state index in [4.69, 9.17) is 4.98 Å². The van der Waals surface area contributed by atoms with Gasteiger partial charge in [-0.05, 0) is 35.9 Å². The number of aliphatic hydroxyl groups excluding tert-OH is 1. The molecule has 34 heavy (non-hydrogen) atoms. The molecule has 0 aliphatic heterocycles. The number of benzene rings is 3. The fourth-order valence-electron chi connectivity index (χ4n) is 3.88. The predicted molar refractivity (Wildman–Crippen MR) is 133 cm³/mol. The Morgan fingerprint density at radius 2 is 1.74 bits per heavy atom. The van der Waals surface area contributed by atoms with Crippen molar-refractivity contribution >= 4 is 38.3 Å². The monoisotopic (exact) mass is 470 g/mol. The molecule has 0 saturated carbocycles. The molecule has 0 unspecified atom stereocenters. The van der Waals surface area contributed by atoms with Gasteiger partial charge in [-0.15, -0.1) is 0 Å². The van der Waals surface area contributed by atoms with E-state index in [2.05, 4.69) is 10.6 Å². The minimum Gasteiger partial charge on any atom is -0.394 e. The van der Waals surface area contributed by atoms with Crippen molar-refractivity contribution in [3.8, 4) is 11.3 Å². The van der Waals surface area contributed by atoms with Gasteiger partial charge in [-0.2, -0.15) is 0 Å². The summed E-state index contributed by atoms with van der Waals surface area (Å²) in [6, 6.07) is 21.8. The van der Waals surface area contributed by atoms with Crippen LogP contribution >= 0.6 is 11.3 Å². The van der Waals surface area contributed by atoms with Gasteiger partial charge in [-0.1, -0.05) is 53.8 Å². The number of imidazole rings is 1. The molecule has 0 bridgehead atoms. The first-order chi connectivity index (χ1) is 16.6. The van der Waals surface area contributed by atoms with E-state index in [9.17, 15) is 14.7 Å². The van der Waals surface area contributed by atoms with Crippen LogP contribution in [0.5, 0.6) is 0 Å². The Hall–Kier alpha value is -4.01. The number of hydrogen-bond donors (Lipinski definition) is 3. The van der Waals surface area contributed by atoms with E-state index in [1.54, 1.807) is 25.2 Å². The first-order valence-electron chi connectivity index (χ1n) is 10.8. The molecule has 0 radical (unpaired) electrons. The third kappa shape index (κ3) is 4.05. The second-order valence-electron chi connectivity index (χ2n) is 7.84. The number of thiazole rings is 1. The fourth-order valence-corrected chi connectivity index (χ4v) is 4.93. The van der Waals surface area contributed by atoms with Gasteiger partial charge < -0.3 is 15.7 Å². The zero-order chi connectivity index (χ0) is 23.7. The molecule has 2 amide bonds. The smallest absolute Gasteiger partial charge is 0.251 e. The van der Waals surface area contributed by atoms with Gasteiger partial charge in [-0.3, -0.25) is 14.0 Å². The lowest BCUT2D eigenvalue weighted by molar-refractivity contribution is 0.0915. The summed E-state index contributed by atoms with van der Waals surface area (Å²) in [5.41, 5.74) is 4.66. The van der Waals surface area contributed by atoms with Crippen LogP contribution in [-0.2, 0) is 0 Å². The topological polar surface area (TPSA) is 95.7 Å². The molecule has 7 nitrogen and oxygen atoms in total. The minimum atomic E-state index is -0.470. The molecule has 0 aliphatic carbocycles.